The monoisotopic (exact) mass is 472 g/mol. The van der Waals surface area contributed by atoms with Gasteiger partial charge in [-0.1, -0.05) is 49.4 Å². The molecule has 3 rings (SSSR count). The maximum atomic E-state index is 12.8. The summed E-state index contributed by atoms with van der Waals surface area (Å²) in [6.07, 6.45) is 3.68. The molecule has 178 valence electrons. The van der Waals surface area contributed by atoms with Crippen molar-refractivity contribution in [3.05, 3.63) is 111 Å². The minimum atomic E-state index is -0.665. The van der Waals surface area contributed by atoms with E-state index in [9.17, 15) is 19.7 Å². The molecule has 0 bridgehead atoms. The van der Waals surface area contributed by atoms with Gasteiger partial charge >= 0.3 is 0 Å². The van der Waals surface area contributed by atoms with Gasteiger partial charge in [0.05, 0.1) is 17.7 Å². The maximum absolute atomic E-state index is 12.8. The molecule has 2 N–H and O–H groups in total. The smallest absolute Gasteiger partial charge is 0.287 e. The number of hydrogen-bond acceptors (Lipinski definition) is 6. The van der Waals surface area contributed by atoms with Crippen molar-refractivity contribution in [2.75, 3.05) is 6.61 Å². The number of ether oxygens (including phenoxy) is 1. The second-order valence-electron chi connectivity index (χ2n) is 7.35. The summed E-state index contributed by atoms with van der Waals surface area (Å²) < 4.78 is 5.57. The summed E-state index contributed by atoms with van der Waals surface area (Å²) in [6, 6.07) is 21.4. The van der Waals surface area contributed by atoms with Gasteiger partial charge < -0.3 is 10.1 Å². The fraction of sp³-hybridized carbons (Fsp3) is 0.115. The van der Waals surface area contributed by atoms with E-state index in [0.29, 0.717) is 29.0 Å². The summed E-state index contributed by atoms with van der Waals surface area (Å²) in [5.41, 5.74) is 3.70. The van der Waals surface area contributed by atoms with Crippen LogP contribution in [-0.2, 0) is 4.79 Å². The van der Waals surface area contributed by atoms with Crippen LogP contribution in [0.4, 0.5) is 5.69 Å². The lowest BCUT2D eigenvalue weighted by Crippen LogP contribution is -2.32. The first kappa shape index (κ1) is 24.8. The number of benzene rings is 3. The number of nitrogens with zero attached hydrogens (tertiary/aromatic N) is 2. The third kappa shape index (κ3) is 7.64. The number of hydrazone groups is 1. The molecule has 0 aliphatic rings. The van der Waals surface area contributed by atoms with Gasteiger partial charge in [-0.05, 0) is 42.3 Å². The van der Waals surface area contributed by atoms with Crippen LogP contribution in [0.25, 0.3) is 6.08 Å². The maximum Gasteiger partial charge on any atom is 0.287 e. The number of non-ortho nitro benzene ring substituents is 1. The van der Waals surface area contributed by atoms with Gasteiger partial charge in [0, 0.05) is 23.3 Å². The van der Waals surface area contributed by atoms with Crippen molar-refractivity contribution in [3.63, 3.8) is 0 Å². The molecule has 0 aliphatic carbocycles. The number of nitro benzene ring substituents is 1. The lowest BCUT2D eigenvalue weighted by Gasteiger charge is -2.10. The van der Waals surface area contributed by atoms with Crippen molar-refractivity contribution in [3.8, 4) is 5.75 Å². The van der Waals surface area contributed by atoms with Crippen molar-refractivity contribution in [1.82, 2.24) is 10.7 Å². The van der Waals surface area contributed by atoms with Crippen molar-refractivity contribution in [2.45, 2.75) is 13.3 Å². The van der Waals surface area contributed by atoms with Gasteiger partial charge in [-0.3, -0.25) is 19.7 Å². The number of hydrogen-bond donors (Lipinski definition) is 2. The largest absolute Gasteiger partial charge is 0.494 e. The van der Waals surface area contributed by atoms with Gasteiger partial charge in [0.15, 0.2) is 0 Å². The zero-order chi connectivity index (χ0) is 25.0. The van der Waals surface area contributed by atoms with Crippen LogP contribution in [0.15, 0.2) is 89.7 Å². The van der Waals surface area contributed by atoms with Gasteiger partial charge in [-0.2, -0.15) is 5.10 Å². The summed E-state index contributed by atoms with van der Waals surface area (Å²) in [5, 5.41) is 17.4. The number of carbonyl (C=O) groups is 2. The Kier molecular flexibility index (Phi) is 8.84. The highest BCUT2D eigenvalue weighted by atomic mass is 16.6. The van der Waals surface area contributed by atoms with Crippen molar-refractivity contribution in [2.24, 2.45) is 5.10 Å². The van der Waals surface area contributed by atoms with E-state index in [1.165, 1.54) is 30.5 Å². The number of carbonyl (C=O) groups excluding carboxylic acids is 2. The van der Waals surface area contributed by atoms with Gasteiger partial charge in [0.1, 0.15) is 11.4 Å². The molecule has 0 fully saturated rings. The van der Waals surface area contributed by atoms with E-state index in [4.69, 9.17) is 4.74 Å². The van der Waals surface area contributed by atoms with Crippen LogP contribution in [0.5, 0.6) is 5.75 Å². The molecule has 0 radical (unpaired) electrons. The zero-order valence-electron chi connectivity index (χ0n) is 19.0. The van der Waals surface area contributed by atoms with E-state index in [2.05, 4.69) is 15.8 Å². The highest BCUT2D eigenvalue weighted by Crippen LogP contribution is 2.15. The lowest BCUT2D eigenvalue weighted by molar-refractivity contribution is -0.384. The molecule has 35 heavy (non-hydrogen) atoms. The highest BCUT2D eigenvalue weighted by Gasteiger charge is 2.14. The normalized spacial score (nSPS) is 11.2. The Morgan fingerprint density at radius 1 is 1.00 bits per heavy atom. The molecule has 0 aliphatic heterocycles. The van der Waals surface area contributed by atoms with Gasteiger partial charge in [-0.25, -0.2) is 5.43 Å². The summed E-state index contributed by atoms with van der Waals surface area (Å²) in [4.78, 5) is 35.9. The Morgan fingerprint density at radius 3 is 2.43 bits per heavy atom. The summed E-state index contributed by atoms with van der Waals surface area (Å²) in [6.45, 7) is 2.61. The van der Waals surface area contributed by atoms with E-state index in [0.717, 1.165) is 6.42 Å². The molecule has 0 saturated heterocycles. The number of rotatable bonds is 10. The molecular weight excluding hydrogens is 448 g/mol. The van der Waals surface area contributed by atoms with E-state index in [1.54, 1.807) is 60.7 Å². The molecule has 9 nitrogen and oxygen atoms in total. The average Bonchev–Trinajstić information content (AvgIpc) is 2.88. The second kappa shape index (κ2) is 12.4. The molecule has 0 spiro atoms. The Labute approximate surface area is 202 Å². The van der Waals surface area contributed by atoms with Gasteiger partial charge in [-0.15, -0.1) is 0 Å². The number of nitrogens with one attached hydrogen (secondary N) is 2. The third-order valence-corrected chi connectivity index (χ3v) is 4.65. The molecule has 0 atom stereocenters. The minimum Gasteiger partial charge on any atom is -0.494 e. The van der Waals surface area contributed by atoms with E-state index < -0.39 is 16.7 Å². The van der Waals surface area contributed by atoms with Crippen LogP contribution in [0, 0.1) is 10.1 Å². The standard InChI is InChI=1S/C26H24N4O5/c1-2-15-35-23-13-11-19(12-14-23)17-24(28-25(31)21-8-4-3-5-9-21)26(32)29-27-18-20-7-6-10-22(16-20)30(33)34/h3-14,16-18H,2,15H2,1H3,(H,28,31)(H,29,32)/b24-17-,27-18-. The first-order valence-electron chi connectivity index (χ1n) is 10.8. The highest BCUT2D eigenvalue weighted by molar-refractivity contribution is 6.05. The van der Waals surface area contributed by atoms with Crippen molar-refractivity contribution in [1.29, 1.82) is 0 Å². The predicted octanol–water partition coefficient (Wildman–Crippen LogP) is 4.30. The van der Waals surface area contributed by atoms with E-state index in [1.807, 2.05) is 6.92 Å². The molecule has 0 saturated carbocycles. The topological polar surface area (TPSA) is 123 Å². The van der Waals surface area contributed by atoms with Crippen LogP contribution < -0.4 is 15.5 Å². The molecular formula is C26H24N4O5. The molecule has 9 heteroatoms. The number of amides is 2. The fourth-order valence-corrected chi connectivity index (χ4v) is 2.93. The van der Waals surface area contributed by atoms with Crippen molar-refractivity contribution < 1.29 is 19.2 Å². The SMILES string of the molecule is CCCOc1ccc(/C=C(\NC(=O)c2ccccc2)C(=O)N/N=C\c2cccc([N+](=O)[O-])c2)cc1. The average molecular weight is 473 g/mol. The summed E-state index contributed by atoms with van der Waals surface area (Å²) in [7, 11) is 0. The predicted molar refractivity (Wildman–Crippen MR) is 133 cm³/mol. The quantitative estimate of drug-likeness (QED) is 0.197. The molecule has 0 aromatic heterocycles. The first-order valence-corrected chi connectivity index (χ1v) is 10.8. The number of nitro groups is 1. The molecule has 2 amide bonds. The Hall–Kier alpha value is -4.79. The lowest BCUT2D eigenvalue weighted by atomic mass is 10.1. The van der Waals surface area contributed by atoms with Gasteiger partial charge in [0.2, 0.25) is 0 Å². The Balaban J connectivity index is 1.79. The fourth-order valence-electron chi connectivity index (χ4n) is 2.93. The molecule has 3 aromatic carbocycles. The van der Waals surface area contributed by atoms with Gasteiger partial charge in [0.25, 0.3) is 17.5 Å². The van der Waals surface area contributed by atoms with Crippen LogP contribution in [0.3, 0.4) is 0 Å². The van der Waals surface area contributed by atoms with E-state index >= 15 is 0 Å². The van der Waals surface area contributed by atoms with Crippen LogP contribution in [0.2, 0.25) is 0 Å². The van der Waals surface area contributed by atoms with Crippen LogP contribution in [-0.4, -0.2) is 29.6 Å². The van der Waals surface area contributed by atoms with Crippen molar-refractivity contribution >= 4 is 29.8 Å². The molecule has 0 heterocycles. The Bertz CT molecular complexity index is 1240. The van der Waals surface area contributed by atoms with Crippen LogP contribution >= 0.6 is 0 Å². The second-order valence-corrected chi connectivity index (χ2v) is 7.35. The zero-order valence-corrected chi connectivity index (χ0v) is 19.0. The van der Waals surface area contributed by atoms with E-state index in [-0.39, 0.29) is 11.4 Å². The first-order chi connectivity index (χ1) is 17.0. The third-order valence-electron chi connectivity index (χ3n) is 4.65. The molecule has 3 aromatic rings. The summed E-state index contributed by atoms with van der Waals surface area (Å²) in [5.74, 6) is -0.426. The van der Waals surface area contributed by atoms with Crippen LogP contribution in [0.1, 0.15) is 34.8 Å². The Morgan fingerprint density at radius 2 is 1.74 bits per heavy atom. The molecule has 0 unspecified atom stereocenters. The summed E-state index contributed by atoms with van der Waals surface area (Å²) >= 11 is 0. The minimum absolute atomic E-state index is 0.0303.